The molecule has 0 unspecified atom stereocenters. The van der Waals surface area contributed by atoms with Crippen LogP contribution in [0.5, 0.6) is 11.5 Å². The molecular formula is C23H21BrN2O7S. The maximum atomic E-state index is 13.1. The van der Waals surface area contributed by atoms with Crippen LogP contribution in [-0.2, 0) is 14.8 Å². The highest BCUT2D eigenvalue weighted by Gasteiger charge is 2.23. The zero-order valence-corrected chi connectivity index (χ0v) is 20.8. The average molecular weight is 549 g/mol. The number of amides is 1. The lowest BCUT2D eigenvalue weighted by Crippen LogP contribution is -2.19. The Morgan fingerprint density at radius 1 is 0.882 bits per heavy atom. The molecule has 0 spiro atoms. The first kappa shape index (κ1) is 25.1. The van der Waals surface area contributed by atoms with Crippen LogP contribution < -0.4 is 19.5 Å². The summed E-state index contributed by atoms with van der Waals surface area (Å²) in [7, 11) is -0.0272. The molecule has 2 N–H and O–H groups in total. The van der Waals surface area contributed by atoms with Gasteiger partial charge in [0.25, 0.3) is 15.9 Å². The number of nitrogens with one attached hydrogen (secondary N) is 2. The maximum absolute atomic E-state index is 13.1. The zero-order valence-electron chi connectivity index (χ0n) is 18.4. The van der Waals surface area contributed by atoms with E-state index in [9.17, 15) is 18.0 Å². The Hall–Kier alpha value is -3.57. The molecule has 11 heteroatoms. The molecule has 0 aromatic heterocycles. The van der Waals surface area contributed by atoms with E-state index in [-0.39, 0.29) is 26.2 Å². The van der Waals surface area contributed by atoms with Crippen LogP contribution >= 0.6 is 15.9 Å². The third-order valence-corrected chi connectivity index (χ3v) is 7.07. The van der Waals surface area contributed by atoms with Crippen molar-refractivity contribution in [3.63, 3.8) is 0 Å². The van der Waals surface area contributed by atoms with E-state index < -0.39 is 21.9 Å². The molecule has 0 fully saturated rings. The van der Waals surface area contributed by atoms with Gasteiger partial charge >= 0.3 is 5.97 Å². The van der Waals surface area contributed by atoms with Gasteiger partial charge in [-0.15, -0.1) is 0 Å². The normalized spacial score (nSPS) is 10.8. The second kappa shape index (κ2) is 10.6. The highest BCUT2D eigenvalue weighted by Crippen LogP contribution is 2.31. The van der Waals surface area contributed by atoms with Crippen LogP contribution in [0.3, 0.4) is 0 Å². The number of sulfonamides is 1. The van der Waals surface area contributed by atoms with Gasteiger partial charge in [0.15, 0.2) is 0 Å². The number of benzene rings is 3. The number of halogens is 1. The quantitative estimate of drug-likeness (QED) is 0.402. The summed E-state index contributed by atoms with van der Waals surface area (Å²) >= 11 is 3.20. The second-order valence-electron chi connectivity index (χ2n) is 6.81. The van der Waals surface area contributed by atoms with E-state index in [0.29, 0.717) is 17.2 Å². The van der Waals surface area contributed by atoms with Crippen molar-refractivity contribution >= 4 is 49.2 Å². The van der Waals surface area contributed by atoms with E-state index in [1.807, 2.05) is 0 Å². The Bertz CT molecular complexity index is 1340. The van der Waals surface area contributed by atoms with E-state index in [0.717, 1.165) is 0 Å². The van der Waals surface area contributed by atoms with E-state index in [1.54, 1.807) is 30.3 Å². The number of para-hydroxylation sites is 1. The van der Waals surface area contributed by atoms with Crippen molar-refractivity contribution < 1.29 is 32.2 Å². The molecule has 9 nitrogen and oxygen atoms in total. The molecule has 178 valence electrons. The van der Waals surface area contributed by atoms with Crippen molar-refractivity contribution in [2.24, 2.45) is 0 Å². The largest absolute Gasteiger partial charge is 0.497 e. The van der Waals surface area contributed by atoms with Crippen LogP contribution in [0.25, 0.3) is 0 Å². The molecule has 0 aliphatic heterocycles. The van der Waals surface area contributed by atoms with Gasteiger partial charge < -0.3 is 19.5 Å². The molecular weight excluding hydrogens is 528 g/mol. The lowest BCUT2D eigenvalue weighted by molar-refractivity contribution is 0.0600. The smallest absolute Gasteiger partial charge is 0.337 e. The number of anilines is 2. The number of ether oxygens (including phenoxy) is 3. The van der Waals surface area contributed by atoms with Crippen molar-refractivity contribution in [2.75, 3.05) is 31.4 Å². The number of carbonyl (C=O) groups excluding carboxylic acids is 2. The Morgan fingerprint density at radius 2 is 1.62 bits per heavy atom. The summed E-state index contributed by atoms with van der Waals surface area (Å²) < 4.78 is 44.0. The SMILES string of the molecule is COC(=O)c1ccc(Br)c(S(=O)(=O)Nc2ccccc2C(=O)Nc2ccc(OC)cc2OC)c1. The molecule has 3 rings (SSSR count). The predicted molar refractivity (Wildman–Crippen MR) is 130 cm³/mol. The van der Waals surface area contributed by atoms with Gasteiger partial charge in [0.1, 0.15) is 16.4 Å². The molecule has 0 aliphatic rings. The Balaban J connectivity index is 1.93. The van der Waals surface area contributed by atoms with Crippen LogP contribution in [0, 0.1) is 0 Å². The first-order valence-corrected chi connectivity index (χ1v) is 12.0. The van der Waals surface area contributed by atoms with Crippen molar-refractivity contribution in [1.82, 2.24) is 0 Å². The van der Waals surface area contributed by atoms with E-state index in [1.165, 1.54) is 51.7 Å². The average Bonchev–Trinajstić information content (AvgIpc) is 2.83. The molecule has 0 saturated carbocycles. The topological polar surface area (TPSA) is 120 Å². The minimum absolute atomic E-state index is 0.0443. The maximum Gasteiger partial charge on any atom is 0.337 e. The summed E-state index contributed by atoms with van der Waals surface area (Å²) in [6, 6.07) is 15.0. The van der Waals surface area contributed by atoms with Crippen LogP contribution in [0.1, 0.15) is 20.7 Å². The first-order chi connectivity index (χ1) is 16.2. The number of carbonyl (C=O) groups is 2. The molecule has 0 heterocycles. The van der Waals surface area contributed by atoms with E-state index in [4.69, 9.17) is 9.47 Å². The highest BCUT2D eigenvalue weighted by molar-refractivity contribution is 9.10. The highest BCUT2D eigenvalue weighted by atomic mass is 79.9. The number of esters is 1. The predicted octanol–water partition coefficient (Wildman–Crippen LogP) is 4.31. The van der Waals surface area contributed by atoms with Crippen molar-refractivity contribution in [2.45, 2.75) is 4.90 Å². The molecule has 0 aliphatic carbocycles. The number of rotatable bonds is 8. The van der Waals surface area contributed by atoms with Gasteiger partial charge in [-0.25, -0.2) is 13.2 Å². The zero-order chi connectivity index (χ0) is 24.9. The Kier molecular flexibility index (Phi) is 7.79. The van der Waals surface area contributed by atoms with Crippen LogP contribution in [0.4, 0.5) is 11.4 Å². The minimum atomic E-state index is -4.18. The number of hydrogen-bond acceptors (Lipinski definition) is 7. The fourth-order valence-electron chi connectivity index (χ4n) is 3.02. The molecule has 1 amide bonds. The van der Waals surface area contributed by atoms with Crippen LogP contribution in [0.2, 0.25) is 0 Å². The summed E-state index contributed by atoms with van der Waals surface area (Å²) in [6.07, 6.45) is 0. The van der Waals surface area contributed by atoms with E-state index in [2.05, 4.69) is 30.7 Å². The summed E-state index contributed by atoms with van der Waals surface area (Å²) in [4.78, 5) is 24.7. The van der Waals surface area contributed by atoms with Gasteiger partial charge in [-0.05, 0) is 58.4 Å². The van der Waals surface area contributed by atoms with Crippen molar-refractivity contribution in [3.05, 3.63) is 76.3 Å². The molecule has 3 aromatic rings. The van der Waals surface area contributed by atoms with Crippen molar-refractivity contribution in [1.29, 1.82) is 0 Å². The monoisotopic (exact) mass is 548 g/mol. The van der Waals surface area contributed by atoms with Gasteiger partial charge in [-0.2, -0.15) is 0 Å². The Morgan fingerprint density at radius 3 is 2.29 bits per heavy atom. The molecule has 3 aromatic carbocycles. The van der Waals surface area contributed by atoms with Gasteiger partial charge in [0, 0.05) is 10.5 Å². The molecule has 0 saturated heterocycles. The fourth-order valence-corrected chi connectivity index (χ4v) is 5.09. The van der Waals surface area contributed by atoms with Crippen LogP contribution in [0.15, 0.2) is 70.0 Å². The summed E-state index contributed by atoms with van der Waals surface area (Å²) in [5.74, 6) is -0.335. The van der Waals surface area contributed by atoms with Gasteiger partial charge in [-0.1, -0.05) is 12.1 Å². The third-order valence-electron chi connectivity index (χ3n) is 4.71. The minimum Gasteiger partial charge on any atom is -0.497 e. The van der Waals surface area contributed by atoms with E-state index >= 15 is 0 Å². The van der Waals surface area contributed by atoms with Gasteiger partial charge in [-0.3, -0.25) is 9.52 Å². The lowest BCUT2D eigenvalue weighted by Gasteiger charge is -2.15. The number of methoxy groups -OCH3 is 3. The molecule has 0 radical (unpaired) electrons. The lowest BCUT2D eigenvalue weighted by atomic mass is 10.1. The standard InChI is InChI=1S/C23H21BrN2O7S/c1-31-15-9-11-19(20(13-15)32-2)25-22(27)16-6-4-5-7-18(16)26-34(29,30)21-12-14(23(28)33-3)8-10-17(21)24/h4-13,26H,1-3H3,(H,25,27). The van der Waals surface area contributed by atoms with Gasteiger partial charge in [0.2, 0.25) is 0 Å². The Labute approximate surface area is 205 Å². The number of hydrogen-bond donors (Lipinski definition) is 2. The first-order valence-electron chi connectivity index (χ1n) is 9.73. The summed E-state index contributed by atoms with van der Waals surface area (Å²) in [5, 5.41) is 2.71. The summed E-state index contributed by atoms with van der Waals surface area (Å²) in [6.45, 7) is 0. The van der Waals surface area contributed by atoms with Crippen molar-refractivity contribution in [3.8, 4) is 11.5 Å². The van der Waals surface area contributed by atoms with Crippen LogP contribution in [-0.4, -0.2) is 41.6 Å². The fraction of sp³-hybridized carbons (Fsp3) is 0.130. The molecule has 0 atom stereocenters. The summed E-state index contributed by atoms with van der Waals surface area (Å²) in [5.41, 5.74) is 0.551. The molecule has 34 heavy (non-hydrogen) atoms. The molecule has 0 bridgehead atoms. The second-order valence-corrected chi connectivity index (χ2v) is 9.31. The van der Waals surface area contributed by atoms with Gasteiger partial charge in [0.05, 0.1) is 43.8 Å². The third kappa shape index (κ3) is 5.49.